The van der Waals surface area contributed by atoms with E-state index in [1.807, 2.05) is 18.4 Å². The molecule has 90 valence electrons. The second-order valence-electron chi connectivity index (χ2n) is 3.76. The highest BCUT2D eigenvalue weighted by Crippen LogP contribution is 2.27. The number of hydrogen-bond acceptors (Lipinski definition) is 3. The summed E-state index contributed by atoms with van der Waals surface area (Å²) >= 11 is 1.54. The third kappa shape index (κ3) is 2.52. The third-order valence-electron chi connectivity index (χ3n) is 2.52. The van der Waals surface area contributed by atoms with Gasteiger partial charge in [-0.1, -0.05) is 0 Å². The predicted molar refractivity (Wildman–Crippen MR) is 64.6 cm³/mol. The quantitative estimate of drug-likeness (QED) is 0.653. The number of hydrogen-bond donors (Lipinski definition) is 2. The van der Waals surface area contributed by atoms with Gasteiger partial charge in [-0.2, -0.15) is 0 Å². The van der Waals surface area contributed by atoms with Gasteiger partial charge in [0.15, 0.2) is 0 Å². The summed E-state index contributed by atoms with van der Waals surface area (Å²) in [6.07, 6.45) is 0. The van der Waals surface area contributed by atoms with Gasteiger partial charge in [0.25, 0.3) is 0 Å². The predicted octanol–water partition coefficient (Wildman–Crippen LogP) is 2.89. The molecule has 5 heteroatoms. The molecule has 2 aromatic rings. The molecule has 0 saturated carbocycles. The second kappa shape index (κ2) is 4.91. The number of aryl methyl sites for hydroxylation is 1. The molecule has 2 nitrogen and oxygen atoms in total. The molecular formula is C12H12F2N2S. The van der Waals surface area contributed by atoms with Crippen molar-refractivity contribution in [2.75, 3.05) is 0 Å². The summed E-state index contributed by atoms with van der Waals surface area (Å²) in [5.74, 6) is 4.48. The topological polar surface area (TPSA) is 38.0 Å². The van der Waals surface area contributed by atoms with Crippen molar-refractivity contribution in [2.45, 2.75) is 13.0 Å². The molecule has 1 unspecified atom stereocenters. The summed E-state index contributed by atoms with van der Waals surface area (Å²) in [6, 6.07) is 4.72. The molecule has 0 bridgehead atoms. The Morgan fingerprint density at radius 3 is 2.65 bits per heavy atom. The average molecular weight is 254 g/mol. The zero-order valence-corrected chi connectivity index (χ0v) is 10.0. The smallest absolute Gasteiger partial charge is 0.128 e. The van der Waals surface area contributed by atoms with Crippen LogP contribution in [0.4, 0.5) is 8.78 Å². The maximum atomic E-state index is 13.6. The van der Waals surface area contributed by atoms with Crippen LogP contribution in [0.25, 0.3) is 0 Å². The molecule has 0 radical (unpaired) electrons. The Morgan fingerprint density at radius 2 is 2.06 bits per heavy atom. The average Bonchev–Trinajstić information content (AvgIpc) is 2.71. The number of benzene rings is 1. The van der Waals surface area contributed by atoms with E-state index in [1.54, 1.807) is 11.3 Å². The van der Waals surface area contributed by atoms with Crippen LogP contribution in [-0.4, -0.2) is 0 Å². The lowest BCUT2D eigenvalue weighted by atomic mass is 10.0. The van der Waals surface area contributed by atoms with Crippen molar-refractivity contribution in [3.8, 4) is 0 Å². The Hall–Kier alpha value is -1.30. The summed E-state index contributed by atoms with van der Waals surface area (Å²) in [5.41, 5.74) is 3.56. The Bertz CT molecular complexity index is 525. The molecule has 1 atom stereocenters. The van der Waals surface area contributed by atoms with Crippen LogP contribution < -0.4 is 11.3 Å². The Balaban J connectivity index is 2.45. The minimum Gasteiger partial charge on any atom is -0.271 e. The maximum Gasteiger partial charge on any atom is 0.128 e. The number of thiophene rings is 1. The van der Waals surface area contributed by atoms with Crippen LogP contribution in [0.3, 0.4) is 0 Å². The lowest BCUT2D eigenvalue weighted by Gasteiger charge is -2.15. The highest BCUT2D eigenvalue weighted by Gasteiger charge is 2.18. The highest BCUT2D eigenvalue weighted by atomic mass is 32.1. The molecule has 3 N–H and O–H groups in total. The fraction of sp³-hybridized carbons (Fsp3) is 0.167. The van der Waals surface area contributed by atoms with Gasteiger partial charge in [-0.3, -0.25) is 5.84 Å². The van der Waals surface area contributed by atoms with Gasteiger partial charge in [0, 0.05) is 10.4 Å². The summed E-state index contributed by atoms with van der Waals surface area (Å²) in [6.45, 7) is 1.95. The van der Waals surface area contributed by atoms with Crippen molar-refractivity contribution < 1.29 is 8.78 Å². The van der Waals surface area contributed by atoms with Gasteiger partial charge >= 0.3 is 0 Å². The van der Waals surface area contributed by atoms with E-state index in [0.29, 0.717) is 0 Å². The van der Waals surface area contributed by atoms with E-state index < -0.39 is 17.7 Å². The van der Waals surface area contributed by atoms with Crippen molar-refractivity contribution >= 4 is 11.3 Å². The lowest BCUT2D eigenvalue weighted by molar-refractivity contribution is 0.546. The van der Waals surface area contributed by atoms with Gasteiger partial charge in [-0.25, -0.2) is 14.2 Å². The largest absolute Gasteiger partial charge is 0.271 e. The Morgan fingerprint density at radius 1 is 1.29 bits per heavy atom. The number of halogens is 2. The number of rotatable bonds is 3. The first-order valence-electron chi connectivity index (χ1n) is 5.08. The zero-order valence-electron chi connectivity index (χ0n) is 9.21. The Labute approximate surface area is 102 Å². The van der Waals surface area contributed by atoms with Gasteiger partial charge in [0.2, 0.25) is 0 Å². The molecule has 0 amide bonds. The van der Waals surface area contributed by atoms with Crippen molar-refractivity contribution in [2.24, 2.45) is 5.84 Å². The first-order valence-corrected chi connectivity index (χ1v) is 5.96. The summed E-state index contributed by atoms with van der Waals surface area (Å²) in [7, 11) is 0. The van der Waals surface area contributed by atoms with Crippen LogP contribution in [0.1, 0.15) is 22.0 Å². The molecule has 0 aliphatic rings. The van der Waals surface area contributed by atoms with Crippen LogP contribution >= 0.6 is 11.3 Å². The van der Waals surface area contributed by atoms with Crippen LogP contribution in [0, 0.1) is 18.6 Å². The van der Waals surface area contributed by atoms with Gasteiger partial charge in [0.05, 0.1) is 6.04 Å². The minimum absolute atomic E-state index is 0.213. The van der Waals surface area contributed by atoms with Crippen LogP contribution in [0.15, 0.2) is 29.6 Å². The molecule has 1 aromatic heterocycles. The van der Waals surface area contributed by atoms with Gasteiger partial charge < -0.3 is 0 Å². The highest BCUT2D eigenvalue weighted by molar-refractivity contribution is 7.10. The number of hydrazine groups is 1. The molecule has 2 rings (SSSR count). The van der Waals surface area contributed by atoms with E-state index in [-0.39, 0.29) is 5.56 Å². The molecule has 0 aliphatic carbocycles. The maximum absolute atomic E-state index is 13.6. The summed E-state index contributed by atoms with van der Waals surface area (Å²) < 4.78 is 26.8. The van der Waals surface area contributed by atoms with Crippen molar-refractivity contribution in [1.29, 1.82) is 0 Å². The summed E-state index contributed by atoms with van der Waals surface area (Å²) in [5, 5.41) is 1.88. The van der Waals surface area contributed by atoms with Crippen molar-refractivity contribution in [3.63, 3.8) is 0 Å². The first-order chi connectivity index (χ1) is 8.11. The number of nitrogens with one attached hydrogen (secondary N) is 1. The standard InChI is InChI=1S/C12H12F2N2S/c1-7-4-8(6-17-7)12(16-15)10-5-9(13)2-3-11(10)14/h2-6,12,16H,15H2,1H3. The first kappa shape index (κ1) is 12.2. The van der Waals surface area contributed by atoms with E-state index in [9.17, 15) is 8.78 Å². The van der Waals surface area contributed by atoms with E-state index in [1.165, 1.54) is 0 Å². The molecule has 1 heterocycles. The van der Waals surface area contributed by atoms with Gasteiger partial charge in [-0.15, -0.1) is 11.3 Å². The second-order valence-corrected chi connectivity index (χ2v) is 4.87. The normalized spacial score (nSPS) is 12.7. The van der Waals surface area contributed by atoms with Crippen LogP contribution in [0.5, 0.6) is 0 Å². The van der Waals surface area contributed by atoms with E-state index >= 15 is 0 Å². The van der Waals surface area contributed by atoms with Gasteiger partial charge in [-0.05, 0) is 42.1 Å². The SMILES string of the molecule is Cc1cc(C(NN)c2cc(F)ccc2F)cs1. The van der Waals surface area contributed by atoms with E-state index in [0.717, 1.165) is 28.6 Å². The molecule has 0 spiro atoms. The lowest BCUT2D eigenvalue weighted by Crippen LogP contribution is -2.29. The minimum atomic E-state index is -0.532. The van der Waals surface area contributed by atoms with Crippen LogP contribution in [0.2, 0.25) is 0 Å². The monoisotopic (exact) mass is 254 g/mol. The fourth-order valence-corrected chi connectivity index (χ4v) is 2.45. The molecule has 1 aromatic carbocycles. The number of nitrogens with two attached hydrogens (primary N) is 1. The van der Waals surface area contributed by atoms with Crippen molar-refractivity contribution in [3.05, 3.63) is 57.3 Å². The summed E-state index contributed by atoms with van der Waals surface area (Å²) in [4.78, 5) is 1.09. The fourth-order valence-electron chi connectivity index (χ4n) is 1.72. The molecule has 17 heavy (non-hydrogen) atoms. The van der Waals surface area contributed by atoms with Crippen molar-refractivity contribution in [1.82, 2.24) is 5.43 Å². The zero-order chi connectivity index (χ0) is 12.4. The molecule has 0 saturated heterocycles. The Kier molecular flexibility index (Phi) is 3.51. The third-order valence-corrected chi connectivity index (χ3v) is 3.40. The molecule has 0 aliphatic heterocycles. The van der Waals surface area contributed by atoms with Gasteiger partial charge in [0.1, 0.15) is 11.6 Å². The van der Waals surface area contributed by atoms with E-state index in [4.69, 9.17) is 5.84 Å². The molecule has 0 fully saturated rings. The molecular weight excluding hydrogens is 242 g/mol. The van der Waals surface area contributed by atoms with E-state index in [2.05, 4.69) is 5.43 Å². The van der Waals surface area contributed by atoms with Crippen LogP contribution in [-0.2, 0) is 0 Å².